The maximum absolute atomic E-state index is 14.6. The number of aliphatic hydroxyl groups is 2. The van der Waals surface area contributed by atoms with Crippen molar-refractivity contribution in [3.05, 3.63) is 36.0 Å². The molecular weight excluding hydrogens is 1450 g/mol. The van der Waals surface area contributed by atoms with Gasteiger partial charge in [-0.05, 0) is 111 Å². The van der Waals surface area contributed by atoms with Gasteiger partial charge in [0.1, 0.15) is 72.5 Å². The number of aliphatic imine (C=N–C) groups is 1. The topological polar surface area (TPSA) is 619 Å². The molecule has 15 atom stereocenters. The summed E-state index contributed by atoms with van der Waals surface area (Å²) in [7, 11) is 0. The largest absolute Gasteiger partial charge is 0.480 e. The Hall–Kier alpha value is -10.0. The van der Waals surface area contributed by atoms with Crippen LogP contribution < -0.4 is 92.5 Å². The summed E-state index contributed by atoms with van der Waals surface area (Å²) in [6.07, 6.45) is 0.865. The van der Waals surface area contributed by atoms with Gasteiger partial charge in [0.05, 0.1) is 19.3 Å². The maximum Gasteiger partial charge on any atom is 0.326 e. The minimum Gasteiger partial charge on any atom is -0.480 e. The van der Waals surface area contributed by atoms with Crippen LogP contribution in [0.4, 0.5) is 0 Å². The Labute approximate surface area is 655 Å². The van der Waals surface area contributed by atoms with Crippen LogP contribution >= 0.6 is 0 Å². The van der Waals surface area contributed by atoms with Crippen LogP contribution in [-0.4, -0.2) is 213 Å². The molecule has 1 aromatic carbocycles. The van der Waals surface area contributed by atoms with Crippen LogP contribution in [-0.2, 0) is 78.3 Å². The zero-order chi connectivity index (χ0) is 85.0. The van der Waals surface area contributed by atoms with E-state index in [9.17, 15) is 87.2 Å². The number of benzene rings is 1. The van der Waals surface area contributed by atoms with Crippen LogP contribution in [0.2, 0.25) is 0 Å². The second-order valence-corrected chi connectivity index (χ2v) is 30.8. The minimum absolute atomic E-state index is 0.00742. The summed E-state index contributed by atoms with van der Waals surface area (Å²) in [5.74, 6) is -16.6. The van der Waals surface area contributed by atoms with Crippen molar-refractivity contribution in [1.29, 1.82) is 0 Å². The fourth-order valence-corrected chi connectivity index (χ4v) is 12.0. The SMILES string of the molecule is CC[C@H](C)[C@H](NC(=O)[C@H](CC(C)C)NC(=O)[C@H](CC(C)C)NC(=O)[C@H](CC(C)C)NC(=O)[C@H](CO)NC(=O)[C@@H](NC(=O)[C@H](CCCN=C(N)N)NC(=O)[C@H](CC(C)C)NC(=O)[C@H](CC(C)C)NC(=O)[C@@H](N)CCC(N)=O)[C@@H](C)CC)C(=O)N[C@@H](CCC(N)=O)C(=O)N[C@@H](CO)C(=O)N[C@@H](Cc1c[nH]c2ccccc12)C(=O)O. The van der Waals surface area contributed by atoms with Crippen LogP contribution in [0.5, 0.6) is 0 Å². The Kier molecular flexibility index (Phi) is 43.2. The summed E-state index contributed by atoms with van der Waals surface area (Å²) in [5.41, 5.74) is 29.1. The number of carboxylic acid groups (broad SMARTS) is 1. The molecule has 630 valence electrons. The van der Waals surface area contributed by atoms with Crippen molar-refractivity contribution < 1.29 is 87.2 Å². The first kappa shape index (κ1) is 98.0. The summed E-state index contributed by atoms with van der Waals surface area (Å²) in [6, 6.07) is -11.7. The van der Waals surface area contributed by atoms with Gasteiger partial charge in [0, 0.05) is 42.9 Å². The third kappa shape index (κ3) is 35.1. The molecule has 37 nitrogen and oxygen atoms in total. The van der Waals surface area contributed by atoms with Crippen molar-refractivity contribution in [1.82, 2.24) is 68.8 Å². The molecule has 0 unspecified atom stereocenters. The van der Waals surface area contributed by atoms with Gasteiger partial charge in [-0.25, -0.2) is 4.79 Å². The molecule has 37 heteroatoms. The molecule has 0 aliphatic carbocycles. The van der Waals surface area contributed by atoms with Crippen molar-refractivity contribution in [3.63, 3.8) is 0 Å². The average Bonchev–Trinajstić information content (AvgIpc) is 1.60. The van der Waals surface area contributed by atoms with E-state index in [-0.39, 0.29) is 119 Å². The summed E-state index contributed by atoms with van der Waals surface area (Å²) >= 11 is 0. The van der Waals surface area contributed by atoms with E-state index in [2.05, 4.69) is 73.8 Å². The zero-order valence-electron chi connectivity index (χ0n) is 67.3. The van der Waals surface area contributed by atoms with Crippen molar-refractivity contribution >= 4 is 106 Å². The standard InChI is InChI=1S/C75H127N19O18/c1-15-42(13)60(72(109)84-49(24-26-59(78)98)63(100)91-56(35-95)71(108)90-55(74(111)112)33-44-34-82-47-21-18-17-20-45(44)47)94-69(106)54(32-41(11)12)88-67(104)52(30-39(7)8)87-68(105)53(31-40(9)10)89-70(107)57(36-96)92-73(110)61(43(14)16-2)93-64(101)48(22-19-27-81-75(79)80)83-65(102)51(29-38(5)6)86-66(103)50(28-37(3)4)85-62(99)46(76)23-25-58(77)97/h17-18,20-21,34,37-43,46,48-57,60-61,82,95-96H,15-16,19,22-33,35-36,76H2,1-14H3,(H2,77,97)(H2,78,98)(H,83,102)(H,84,109)(H,85,99)(H,86,103)(H,87,105)(H,88,104)(H,89,107)(H,90,108)(H,91,100)(H,92,110)(H,93,101)(H,94,106)(H,111,112)(H4,79,80,81)/t42-,43-,46-,48-,49-,50-,51-,52-,53-,54-,55-,56-,57-,60-,61-/m0/s1. The predicted molar refractivity (Wildman–Crippen MR) is 418 cm³/mol. The van der Waals surface area contributed by atoms with E-state index < -0.39 is 205 Å². The number of amides is 14. The molecule has 1 heterocycles. The number of guanidine groups is 1. The van der Waals surface area contributed by atoms with Gasteiger partial charge < -0.3 is 113 Å². The van der Waals surface area contributed by atoms with Crippen LogP contribution in [0, 0.1) is 41.4 Å². The number of nitrogens with two attached hydrogens (primary N) is 5. The van der Waals surface area contributed by atoms with E-state index in [0.29, 0.717) is 16.5 Å². The van der Waals surface area contributed by atoms with Crippen LogP contribution in [0.15, 0.2) is 35.5 Å². The first-order valence-corrected chi connectivity index (χ1v) is 38.5. The second kappa shape index (κ2) is 49.4. The highest BCUT2D eigenvalue weighted by Crippen LogP contribution is 2.21. The molecule has 0 saturated carbocycles. The number of fused-ring (bicyclic) bond motifs is 1. The molecule has 0 fully saturated rings. The van der Waals surface area contributed by atoms with Crippen molar-refractivity contribution in [2.24, 2.45) is 75.1 Å². The van der Waals surface area contributed by atoms with E-state index >= 15 is 0 Å². The molecule has 2 rings (SSSR count). The number of aliphatic carboxylic acids is 1. The number of nitrogens with zero attached hydrogens (tertiary/aromatic N) is 1. The highest BCUT2D eigenvalue weighted by atomic mass is 16.4. The summed E-state index contributed by atoms with van der Waals surface area (Å²) in [6.45, 7) is 22.4. The summed E-state index contributed by atoms with van der Waals surface area (Å²) < 4.78 is 0. The Morgan fingerprint density at radius 1 is 0.402 bits per heavy atom. The molecule has 1 aromatic heterocycles. The number of carbonyl (C=O) groups excluding carboxylic acids is 14. The van der Waals surface area contributed by atoms with Gasteiger partial charge in [0.25, 0.3) is 0 Å². The summed E-state index contributed by atoms with van der Waals surface area (Å²) in [5, 5.41) is 62.9. The third-order valence-electron chi connectivity index (χ3n) is 18.6. The quantitative estimate of drug-likeness (QED) is 0.0190. The lowest BCUT2D eigenvalue weighted by Gasteiger charge is -2.31. The van der Waals surface area contributed by atoms with Gasteiger partial charge in [0.15, 0.2) is 5.96 Å². The minimum atomic E-state index is -1.76. The lowest BCUT2D eigenvalue weighted by molar-refractivity contribution is -0.142. The lowest BCUT2D eigenvalue weighted by Crippen LogP contribution is -2.62. The van der Waals surface area contributed by atoms with Gasteiger partial charge >= 0.3 is 5.97 Å². The lowest BCUT2D eigenvalue weighted by atomic mass is 9.95. The number of hydrogen-bond acceptors (Lipinski definition) is 19. The molecule has 14 amide bonds. The normalized spacial score (nSPS) is 15.5. The zero-order valence-corrected chi connectivity index (χ0v) is 67.3. The molecule has 0 saturated heterocycles. The van der Waals surface area contributed by atoms with E-state index in [1.54, 1.807) is 127 Å². The van der Waals surface area contributed by atoms with Gasteiger partial charge in [0.2, 0.25) is 82.7 Å². The first-order chi connectivity index (χ1) is 52.5. The Bertz CT molecular complexity index is 3510. The number of carbonyl (C=O) groups is 15. The van der Waals surface area contributed by atoms with E-state index in [1.165, 1.54) is 0 Å². The van der Waals surface area contributed by atoms with Gasteiger partial charge in [-0.3, -0.25) is 72.1 Å². The Balaban J connectivity index is 2.45. The van der Waals surface area contributed by atoms with Crippen LogP contribution in [0.1, 0.15) is 186 Å². The average molecular weight is 1580 g/mol. The number of aromatic amines is 1. The first-order valence-electron chi connectivity index (χ1n) is 38.5. The van der Waals surface area contributed by atoms with Crippen LogP contribution in [0.3, 0.4) is 0 Å². The third-order valence-corrected chi connectivity index (χ3v) is 18.6. The highest BCUT2D eigenvalue weighted by molar-refractivity contribution is 6.00. The van der Waals surface area contributed by atoms with E-state index in [1.807, 2.05) is 0 Å². The number of rotatable bonds is 53. The van der Waals surface area contributed by atoms with E-state index in [0.717, 1.165) is 0 Å². The van der Waals surface area contributed by atoms with Gasteiger partial charge in [-0.2, -0.15) is 0 Å². The van der Waals surface area contributed by atoms with Crippen molar-refractivity contribution in [2.75, 3.05) is 19.8 Å². The van der Waals surface area contributed by atoms with Crippen molar-refractivity contribution in [3.8, 4) is 0 Å². The fourth-order valence-electron chi connectivity index (χ4n) is 12.0. The summed E-state index contributed by atoms with van der Waals surface area (Å²) in [4.78, 5) is 213. The number of aromatic nitrogens is 1. The number of primary amides is 2. The smallest absolute Gasteiger partial charge is 0.326 e. The molecule has 0 spiro atoms. The Morgan fingerprint density at radius 2 is 0.714 bits per heavy atom. The number of H-pyrrole nitrogens is 1. The molecule has 0 bridgehead atoms. The number of hydrogen-bond donors (Lipinski definition) is 21. The van der Waals surface area contributed by atoms with Gasteiger partial charge in [-0.1, -0.05) is 128 Å². The van der Waals surface area contributed by atoms with Gasteiger partial charge in [-0.15, -0.1) is 0 Å². The van der Waals surface area contributed by atoms with Crippen molar-refractivity contribution in [2.45, 2.75) is 265 Å². The molecule has 0 radical (unpaired) electrons. The highest BCUT2D eigenvalue weighted by Gasteiger charge is 2.40. The number of aliphatic hydroxyl groups excluding tert-OH is 2. The number of para-hydroxylation sites is 1. The fraction of sp³-hybridized carbons (Fsp3) is 0.680. The van der Waals surface area contributed by atoms with E-state index in [4.69, 9.17) is 28.7 Å². The number of nitrogens with one attached hydrogen (secondary N) is 13. The molecule has 26 N–H and O–H groups in total. The molecular formula is C75H127N19O18. The molecule has 2 aromatic rings. The molecule has 0 aliphatic rings. The monoisotopic (exact) mass is 1580 g/mol. The number of carboxylic acids is 1. The molecule has 112 heavy (non-hydrogen) atoms. The Morgan fingerprint density at radius 3 is 1.09 bits per heavy atom. The second-order valence-electron chi connectivity index (χ2n) is 30.8. The maximum atomic E-state index is 14.6. The van der Waals surface area contributed by atoms with Crippen LogP contribution in [0.25, 0.3) is 10.9 Å². The predicted octanol–water partition coefficient (Wildman–Crippen LogP) is -2.17. The molecule has 0 aliphatic heterocycles.